The number of rotatable bonds is 6. The number of carbonyl (C=O) groups is 2. The van der Waals surface area contributed by atoms with E-state index in [1.165, 1.54) is 23.5 Å². The maximum absolute atomic E-state index is 13.0. The molecule has 3 amide bonds. The summed E-state index contributed by atoms with van der Waals surface area (Å²) >= 11 is 1.22. The van der Waals surface area contributed by atoms with E-state index in [2.05, 4.69) is 25.7 Å². The predicted octanol–water partition coefficient (Wildman–Crippen LogP) is 1.29. The van der Waals surface area contributed by atoms with E-state index in [-0.39, 0.29) is 24.3 Å². The Morgan fingerprint density at radius 2 is 1.89 bits per heavy atom. The molecule has 1 aliphatic rings. The van der Waals surface area contributed by atoms with E-state index in [4.69, 9.17) is 4.74 Å². The first-order chi connectivity index (χ1) is 13.5. The Morgan fingerprint density at radius 3 is 2.57 bits per heavy atom. The van der Waals surface area contributed by atoms with Gasteiger partial charge in [0.1, 0.15) is 17.4 Å². The lowest BCUT2D eigenvalue weighted by molar-refractivity contribution is -0.115. The molecule has 0 bridgehead atoms. The van der Waals surface area contributed by atoms with Crippen LogP contribution in [0, 0.1) is 5.82 Å². The van der Waals surface area contributed by atoms with Crippen LogP contribution in [0.2, 0.25) is 0 Å². The summed E-state index contributed by atoms with van der Waals surface area (Å²) in [6.45, 7) is 2.48. The predicted molar refractivity (Wildman–Crippen MR) is 103 cm³/mol. The summed E-state index contributed by atoms with van der Waals surface area (Å²) in [5.74, 6) is -0.651. The van der Waals surface area contributed by atoms with Crippen molar-refractivity contribution < 1.29 is 18.7 Å². The maximum atomic E-state index is 13.0. The number of halogens is 1. The molecule has 1 fully saturated rings. The number of benzene rings is 1. The molecule has 28 heavy (non-hydrogen) atoms. The fourth-order valence-corrected chi connectivity index (χ4v) is 3.46. The summed E-state index contributed by atoms with van der Waals surface area (Å²) in [5.41, 5.74) is 0.922. The van der Waals surface area contributed by atoms with Crippen LogP contribution in [-0.2, 0) is 16.1 Å². The van der Waals surface area contributed by atoms with Crippen LogP contribution in [0.1, 0.15) is 5.01 Å². The quantitative estimate of drug-likeness (QED) is 0.747. The fourth-order valence-electron chi connectivity index (χ4n) is 2.74. The van der Waals surface area contributed by atoms with Crippen LogP contribution in [-0.4, -0.2) is 66.9 Å². The molecule has 0 atom stereocenters. The van der Waals surface area contributed by atoms with E-state index in [9.17, 15) is 14.0 Å². The molecule has 9 nitrogen and oxygen atoms in total. The average Bonchev–Trinajstić information content (AvgIpc) is 3.14. The van der Waals surface area contributed by atoms with E-state index in [0.29, 0.717) is 42.9 Å². The maximum Gasteiger partial charge on any atom is 0.317 e. The lowest BCUT2D eigenvalue weighted by Gasteiger charge is -2.36. The Labute approximate surface area is 165 Å². The summed E-state index contributed by atoms with van der Waals surface area (Å²) in [6.07, 6.45) is 0. The fraction of sp³-hybridized carbons (Fsp3) is 0.412. The van der Waals surface area contributed by atoms with Crippen LogP contribution in [0.4, 0.5) is 20.0 Å². The molecule has 0 unspecified atom stereocenters. The highest BCUT2D eigenvalue weighted by Gasteiger charge is 2.21. The summed E-state index contributed by atoms with van der Waals surface area (Å²) < 4.78 is 18.0. The van der Waals surface area contributed by atoms with Gasteiger partial charge in [0, 0.05) is 39.0 Å². The summed E-state index contributed by atoms with van der Waals surface area (Å²) in [6, 6.07) is 5.99. The smallest absolute Gasteiger partial charge is 0.317 e. The van der Waals surface area contributed by atoms with Gasteiger partial charge in [-0.15, -0.1) is 10.2 Å². The molecule has 2 aromatic rings. The third kappa shape index (κ3) is 5.36. The van der Waals surface area contributed by atoms with Gasteiger partial charge in [0.05, 0.1) is 6.54 Å². The molecule has 2 N–H and O–H groups in total. The first-order valence-electron chi connectivity index (χ1n) is 8.69. The molecular weight excluding hydrogens is 387 g/mol. The van der Waals surface area contributed by atoms with Crippen LogP contribution in [0.15, 0.2) is 24.3 Å². The molecule has 2 heterocycles. The number of anilines is 2. The van der Waals surface area contributed by atoms with E-state index >= 15 is 0 Å². The molecular formula is C17H21FN6O3S. The second-order valence-corrected chi connectivity index (χ2v) is 7.15. The van der Waals surface area contributed by atoms with E-state index < -0.39 is 0 Å². The van der Waals surface area contributed by atoms with Crippen LogP contribution < -0.4 is 15.5 Å². The topological polar surface area (TPSA) is 99.7 Å². The Balaban J connectivity index is 1.40. The van der Waals surface area contributed by atoms with Gasteiger partial charge in [-0.05, 0) is 24.3 Å². The van der Waals surface area contributed by atoms with Crippen molar-refractivity contribution in [3.63, 3.8) is 0 Å². The van der Waals surface area contributed by atoms with Gasteiger partial charge < -0.3 is 19.9 Å². The van der Waals surface area contributed by atoms with Gasteiger partial charge in [0.25, 0.3) is 0 Å². The lowest BCUT2D eigenvalue weighted by Crippen LogP contribution is -2.52. The third-order valence-electron chi connectivity index (χ3n) is 4.14. The molecule has 0 radical (unpaired) electrons. The van der Waals surface area contributed by atoms with Crippen LogP contribution in [0.5, 0.6) is 0 Å². The molecule has 0 spiro atoms. The van der Waals surface area contributed by atoms with Crippen molar-refractivity contribution in [2.24, 2.45) is 0 Å². The number of aromatic nitrogens is 2. The summed E-state index contributed by atoms with van der Waals surface area (Å²) in [5, 5.41) is 13.9. The zero-order valence-corrected chi connectivity index (χ0v) is 16.2. The second kappa shape index (κ2) is 9.42. The van der Waals surface area contributed by atoms with Gasteiger partial charge in [-0.3, -0.25) is 10.1 Å². The molecule has 11 heteroatoms. The molecule has 1 saturated heterocycles. The second-order valence-electron chi connectivity index (χ2n) is 6.09. The first-order valence-corrected chi connectivity index (χ1v) is 9.51. The number of nitrogens with one attached hydrogen (secondary N) is 2. The Bertz CT molecular complexity index is 807. The SMILES string of the molecule is COCc1nnc(NC(=O)CNC(=O)N2CCN(c3ccc(F)cc3)CC2)s1. The van der Waals surface area contributed by atoms with Crippen molar-refractivity contribution in [3.05, 3.63) is 35.1 Å². The third-order valence-corrected chi connectivity index (χ3v) is 4.95. The summed E-state index contributed by atoms with van der Waals surface area (Å²) in [4.78, 5) is 27.9. The van der Waals surface area contributed by atoms with E-state index in [1.54, 1.807) is 24.1 Å². The lowest BCUT2D eigenvalue weighted by atomic mass is 10.2. The molecule has 1 aliphatic heterocycles. The van der Waals surface area contributed by atoms with Crippen molar-refractivity contribution in [2.45, 2.75) is 6.61 Å². The Hall–Kier alpha value is -2.79. The number of carbonyl (C=O) groups excluding carboxylic acids is 2. The minimum absolute atomic E-state index is 0.157. The highest BCUT2D eigenvalue weighted by molar-refractivity contribution is 7.15. The largest absolute Gasteiger partial charge is 0.377 e. The monoisotopic (exact) mass is 408 g/mol. The standard InChI is InChI=1S/C17H21FN6O3S/c1-27-11-15-21-22-16(28-15)20-14(25)10-19-17(26)24-8-6-23(7-9-24)13-4-2-12(18)3-5-13/h2-5H,6-11H2,1H3,(H,19,26)(H,20,22,25). The number of ether oxygens (including phenoxy) is 1. The summed E-state index contributed by atoms with van der Waals surface area (Å²) in [7, 11) is 1.55. The first kappa shape index (κ1) is 20.0. The minimum atomic E-state index is -0.376. The van der Waals surface area contributed by atoms with Gasteiger partial charge in [0.15, 0.2) is 0 Å². The molecule has 3 rings (SSSR count). The molecule has 1 aromatic carbocycles. The molecule has 150 valence electrons. The van der Waals surface area contributed by atoms with Crippen molar-refractivity contribution in [3.8, 4) is 0 Å². The van der Waals surface area contributed by atoms with Crippen LogP contribution in [0.3, 0.4) is 0 Å². The number of piperazine rings is 1. The number of amides is 3. The minimum Gasteiger partial charge on any atom is -0.377 e. The van der Waals surface area contributed by atoms with E-state index in [1.807, 2.05) is 0 Å². The molecule has 0 saturated carbocycles. The van der Waals surface area contributed by atoms with Gasteiger partial charge in [-0.2, -0.15) is 0 Å². The number of nitrogens with zero attached hydrogens (tertiary/aromatic N) is 4. The average molecular weight is 408 g/mol. The van der Waals surface area contributed by atoms with Crippen molar-refractivity contribution in [1.29, 1.82) is 0 Å². The highest BCUT2D eigenvalue weighted by Crippen LogP contribution is 2.17. The van der Waals surface area contributed by atoms with Crippen LogP contribution in [0.25, 0.3) is 0 Å². The van der Waals surface area contributed by atoms with Gasteiger partial charge in [0.2, 0.25) is 11.0 Å². The zero-order valence-electron chi connectivity index (χ0n) is 15.4. The zero-order chi connectivity index (χ0) is 19.9. The van der Waals surface area contributed by atoms with Crippen LogP contribution >= 0.6 is 11.3 Å². The molecule has 1 aromatic heterocycles. The highest BCUT2D eigenvalue weighted by atomic mass is 32.1. The molecule has 0 aliphatic carbocycles. The van der Waals surface area contributed by atoms with Gasteiger partial charge in [-0.1, -0.05) is 11.3 Å². The number of urea groups is 1. The van der Waals surface area contributed by atoms with E-state index in [0.717, 1.165) is 5.69 Å². The normalized spacial score (nSPS) is 14.1. The van der Waals surface area contributed by atoms with Gasteiger partial charge >= 0.3 is 6.03 Å². The van der Waals surface area contributed by atoms with Gasteiger partial charge in [-0.25, -0.2) is 9.18 Å². The number of hydrogen-bond acceptors (Lipinski definition) is 7. The number of methoxy groups -OCH3 is 1. The van der Waals surface area contributed by atoms with Crippen molar-refractivity contribution >= 4 is 34.1 Å². The Morgan fingerprint density at radius 1 is 1.18 bits per heavy atom. The van der Waals surface area contributed by atoms with Crippen molar-refractivity contribution in [2.75, 3.05) is 50.1 Å². The number of hydrogen-bond donors (Lipinski definition) is 2. The van der Waals surface area contributed by atoms with Crippen molar-refractivity contribution in [1.82, 2.24) is 20.4 Å². The Kier molecular flexibility index (Phi) is 6.71.